The lowest BCUT2D eigenvalue weighted by molar-refractivity contribution is -0.136. The van der Waals surface area contributed by atoms with E-state index in [9.17, 15) is 4.79 Å². The van der Waals surface area contributed by atoms with E-state index in [0.717, 1.165) is 50.2 Å². The van der Waals surface area contributed by atoms with Crippen molar-refractivity contribution in [3.8, 4) is 0 Å². The highest BCUT2D eigenvalue weighted by molar-refractivity contribution is 5.93. The Bertz CT molecular complexity index is 700. The molecule has 0 aromatic heterocycles. The summed E-state index contributed by atoms with van der Waals surface area (Å²) in [7, 11) is 1.46. The first kappa shape index (κ1) is 15.7. The van der Waals surface area contributed by atoms with Gasteiger partial charge in [0.15, 0.2) is 0 Å². The van der Waals surface area contributed by atoms with Gasteiger partial charge in [-0.15, -0.1) is 0 Å². The molecule has 1 saturated heterocycles. The normalized spacial score (nSPS) is 27.2. The summed E-state index contributed by atoms with van der Waals surface area (Å²) < 4.78 is 5.10. The number of carbonyl (C=O) groups is 1. The average molecular weight is 328 g/mol. The Kier molecular flexibility index (Phi) is 3.85. The van der Waals surface area contributed by atoms with Crippen molar-refractivity contribution in [2.24, 2.45) is 0 Å². The molecule has 5 heteroatoms. The number of unbranched alkanes of at least 4 members (excludes halogenated alkanes) is 1. The van der Waals surface area contributed by atoms with Crippen molar-refractivity contribution in [3.05, 3.63) is 41.1 Å². The number of aliphatic hydroxyl groups excluding tert-OH is 1. The van der Waals surface area contributed by atoms with E-state index in [4.69, 9.17) is 9.84 Å². The number of aliphatic hydroxyl groups is 1. The van der Waals surface area contributed by atoms with Gasteiger partial charge in [-0.2, -0.15) is 0 Å². The van der Waals surface area contributed by atoms with E-state index in [0.29, 0.717) is 6.54 Å². The van der Waals surface area contributed by atoms with Crippen molar-refractivity contribution in [3.63, 3.8) is 0 Å². The second-order valence-corrected chi connectivity index (χ2v) is 6.96. The molecule has 3 aliphatic rings. The van der Waals surface area contributed by atoms with Crippen LogP contribution in [-0.4, -0.2) is 55.9 Å². The van der Waals surface area contributed by atoms with Gasteiger partial charge in [-0.05, 0) is 37.4 Å². The largest absolute Gasteiger partial charge is 0.466 e. The molecule has 1 aromatic carbocycles. The van der Waals surface area contributed by atoms with Gasteiger partial charge < -0.3 is 14.7 Å². The van der Waals surface area contributed by atoms with Crippen LogP contribution in [-0.2, 0) is 14.9 Å². The highest BCUT2D eigenvalue weighted by Gasteiger charge is 2.55. The Morgan fingerprint density at radius 1 is 1.33 bits per heavy atom. The number of hydrogen-bond donors (Lipinski definition) is 1. The number of nitrogens with zero attached hydrogens (tertiary/aromatic N) is 2. The maximum atomic E-state index is 12.5. The second-order valence-electron chi connectivity index (χ2n) is 6.96. The number of para-hydroxylation sites is 1. The third-order valence-electron chi connectivity index (χ3n) is 5.67. The molecule has 128 valence electrons. The predicted molar refractivity (Wildman–Crippen MR) is 91.9 cm³/mol. The molecule has 4 rings (SSSR count). The Labute approximate surface area is 142 Å². The van der Waals surface area contributed by atoms with E-state index in [1.54, 1.807) is 0 Å². The number of methoxy groups -OCH3 is 1. The summed E-state index contributed by atoms with van der Waals surface area (Å²) >= 11 is 0. The third kappa shape index (κ3) is 2.11. The number of benzene rings is 1. The van der Waals surface area contributed by atoms with Gasteiger partial charge in [-0.1, -0.05) is 18.2 Å². The van der Waals surface area contributed by atoms with E-state index in [2.05, 4.69) is 34.1 Å². The highest BCUT2D eigenvalue weighted by Crippen LogP contribution is 2.55. The molecule has 1 N–H and O–H groups in total. The minimum absolute atomic E-state index is 0.0718. The number of rotatable bonds is 5. The van der Waals surface area contributed by atoms with Crippen molar-refractivity contribution >= 4 is 11.7 Å². The van der Waals surface area contributed by atoms with Crippen molar-refractivity contribution in [2.75, 3.05) is 44.8 Å². The molecule has 3 aliphatic heterocycles. The van der Waals surface area contributed by atoms with Gasteiger partial charge in [0.1, 0.15) is 0 Å². The van der Waals surface area contributed by atoms with Crippen LogP contribution in [0, 0.1) is 0 Å². The highest BCUT2D eigenvalue weighted by atomic mass is 16.5. The number of esters is 1. The number of carbonyl (C=O) groups excluding carboxylic acids is 1. The summed E-state index contributed by atoms with van der Waals surface area (Å²) in [5.74, 6) is -0.207. The summed E-state index contributed by atoms with van der Waals surface area (Å²) in [4.78, 5) is 17.2. The maximum Gasteiger partial charge on any atom is 0.336 e. The fraction of sp³-hybridized carbons (Fsp3) is 0.526. The van der Waals surface area contributed by atoms with Gasteiger partial charge >= 0.3 is 5.97 Å². The Morgan fingerprint density at radius 2 is 2.17 bits per heavy atom. The fourth-order valence-corrected chi connectivity index (χ4v) is 4.71. The summed E-state index contributed by atoms with van der Waals surface area (Å²) in [6.45, 7) is 3.71. The van der Waals surface area contributed by atoms with E-state index in [-0.39, 0.29) is 18.0 Å². The van der Waals surface area contributed by atoms with Crippen molar-refractivity contribution in [1.82, 2.24) is 4.90 Å². The van der Waals surface area contributed by atoms with Gasteiger partial charge in [0, 0.05) is 37.6 Å². The van der Waals surface area contributed by atoms with Crippen LogP contribution in [0.2, 0.25) is 0 Å². The minimum Gasteiger partial charge on any atom is -0.466 e. The summed E-state index contributed by atoms with van der Waals surface area (Å²) in [5, 5.41) is 9.14. The third-order valence-corrected chi connectivity index (χ3v) is 5.67. The second kappa shape index (κ2) is 5.90. The molecule has 0 saturated carbocycles. The smallest absolute Gasteiger partial charge is 0.336 e. The topological polar surface area (TPSA) is 53.0 Å². The van der Waals surface area contributed by atoms with Crippen LogP contribution >= 0.6 is 0 Å². The van der Waals surface area contributed by atoms with E-state index >= 15 is 0 Å². The number of fused-ring (bicyclic) bond motifs is 2. The van der Waals surface area contributed by atoms with E-state index in [1.807, 2.05) is 0 Å². The van der Waals surface area contributed by atoms with Gasteiger partial charge in [0.05, 0.1) is 18.1 Å². The molecule has 1 unspecified atom stereocenters. The first-order chi connectivity index (χ1) is 11.7. The predicted octanol–water partition coefficient (Wildman–Crippen LogP) is 1.66. The summed E-state index contributed by atoms with van der Waals surface area (Å²) in [6, 6.07) is 8.53. The van der Waals surface area contributed by atoms with Crippen LogP contribution in [0.15, 0.2) is 35.5 Å². The Balaban J connectivity index is 1.86. The molecule has 3 heterocycles. The van der Waals surface area contributed by atoms with Crippen LogP contribution < -0.4 is 4.90 Å². The quantitative estimate of drug-likeness (QED) is 0.658. The SMILES string of the molecule is COC(=O)C1=C2N(CCCCO)c3ccccc3[C@@]23CCN(C1)C3. The zero-order valence-corrected chi connectivity index (χ0v) is 14.1. The lowest BCUT2D eigenvalue weighted by atomic mass is 9.76. The number of anilines is 1. The first-order valence-corrected chi connectivity index (χ1v) is 8.73. The molecule has 1 aromatic rings. The van der Waals surface area contributed by atoms with Crippen LogP contribution in [0.5, 0.6) is 0 Å². The van der Waals surface area contributed by atoms with Crippen LogP contribution in [0.4, 0.5) is 5.69 Å². The molecule has 5 nitrogen and oxygen atoms in total. The lowest BCUT2D eigenvalue weighted by Crippen LogP contribution is -2.43. The van der Waals surface area contributed by atoms with Crippen LogP contribution in [0.3, 0.4) is 0 Å². The van der Waals surface area contributed by atoms with Crippen LogP contribution in [0.1, 0.15) is 24.8 Å². The van der Waals surface area contributed by atoms with E-state index in [1.165, 1.54) is 18.4 Å². The molecular formula is C19H24N2O3. The zero-order chi connectivity index (χ0) is 16.7. The molecular weight excluding hydrogens is 304 g/mol. The fourth-order valence-electron chi connectivity index (χ4n) is 4.71. The number of ether oxygens (including phenoxy) is 1. The van der Waals surface area contributed by atoms with Gasteiger partial charge in [-0.3, -0.25) is 4.90 Å². The van der Waals surface area contributed by atoms with Gasteiger partial charge in [0.2, 0.25) is 0 Å². The average Bonchev–Trinajstić information content (AvgIpc) is 3.10. The number of hydrogen-bond acceptors (Lipinski definition) is 5. The van der Waals surface area contributed by atoms with Crippen molar-refractivity contribution in [2.45, 2.75) is 24.7 Å². The molecule has 0 aliphatic carbocycles. The summed E-state index contributed by atoms with van der Waals surface area (Å²) in [6.07, 6.45) is 2.73. The van der Waals surface area contributed by atoms with Crippen molar-refractivity contribution in [1.29, 1.82) is 0 Å². The molecule has 1 fully saturated rings. The molecule has 1 spiro atoms. The molecule has 24 heavy (non-hydrogen) atoms. The molecule has 0 amide bonds. The summed E-state index contributed by atoms with van der Waals surface area (Å²) in [5.41, 5.74) is 4.45. The maximum absolute atomic E-state index is 12.5. The first-order valence-electron chi connectivity index (χ1n) is 8.73. The Hall–Kier alpha value is -1.85. The standard InChI is InChI=1S/C19H24N2O3/c1-24-18(23)14-12-20-10-8-19(13-20)15-6-2-3-7-16(15)21(17(14)19)9-4-5-11-22/h2-3,6-7,22H,4-5,8-13H2,1H3/t19-/m0/s1. The monoisotopic (exact) mass is 328 g/mol. The van der Waals surface area contributed by atoms with E-state index < -0.39 is 0 Å². The lowest BCUT2D eigenvalue weighted by Gasteiger charge is -2.36. The molecule has 2 bridgehead atoms. The molecule has 2 atom stereocenters. The van der Waals surface area contributed by atoms with Gasteiger partial charge in [0.25, 0.3) is 0 Å². The van der Waals surface area contributed by atoms with Crippen molar-refractivity contribution < 1.29 is 14.6 Å². The Morgan fingerprint density at radius 3 is 2.96 bits per heavy atom. The molecule has 0 radical (unpaired) electrons. The van der Waals surface area contributed by atoms with Crippen LogP contribution in [0.25, 0.3) is 0 Å². The van der Waals surface area contributed by atoms with Gasteiger partial charge in [-0.25, -0.2) is 4.79 Å². The zero-order valence-electron chi connectivity index (χ0n) is 14.1. The minimum atomic E-state index is -0.207.